The second-order valence-corrected chi connectivity index (χ2v) is 2.51. The molecule has 0 aromatic rings. The Bertz CT molecular complexity index is 185. The highest BCUT2D eigenvalue weighted by atomic mass is 16.5. The molecule has 0 saturated carbocycles. The Balaban J connectivity index is 4.37. The molecule has 0 spiro atoms. The average molecular weight is 183 g/mol. The Morgan fingerprint density at radius 3 is 2.31 bits per heavy atom. The predicted molar refractivity (Wildman–Crippen MR) is 53.2 cm³/mol. The summed E-state index contributed by atoms with van der Waals surface area (Å²) in [6, 6.07) is -0.368. The first-order valence-electron chi connectivity index (χ1n) is 4.39. The van der Waals surface area contributed by atoms with Crippen LogP contribution in [0.25, 0.3) is 0 Å². The summed E-state index contributed by atoms with van der Waals surface area (Å²) in [5.41, 5.74) is 0. The summed E-state index contributed by atoms with van der Waals surface area (Å²) in [4.78, 5) is 13.3. The van der Waals surface area contributed by atoms with Crippen LogP contribution in [0.4, 0.5) is 0 Å². The third kappa shape index (κ3) is 3.42. The molecule has 0 heterocycles. The van der Waals surface area contributed by atoms with Crippen LogP contribution >= 0.6 is 0 Å². The molecule has 3 nitrogen and oxygen atoms in total. The molecule has 0 saturated heterocycles. The first kappa shape index (κ1) is 11.9. The predicted octanol–water partition coefficient (Wildman–Crippen LogP) is 1.57. The molecule has 3 heteroatoms. The molecule has 13 heavy (non-hydrogen) atoms. The van der Waals surface area contributed by atoms with Crippen molar-refractivity contribution in [2.45, 2.75) is 19.9 Å². The van der Waals surface area contributed by atoms with Crippen molar-refractivity contribution in [2.75, 3.05) is 13.1 Å². The fourth-order valence-corrected chi connectivity index (χ4v) is 1.16. The van der Waals surface area contributed by atoms with Gasteiger partial charge in [-0.2, -0.15) is 0 Å². The highest BCUT2D eigenvalue weighted by molar-refractivity contribution is 5.78. The summed E-state index contributed by atoms with van der Waals surface area (Å²) in [5.74, 6) is -0.325. The molecule has 0 bridgehead atoms. The van der Waals surface area contributed by atoms with Crippen molar-refractivity contribution in [3.8, 4) is 0 Å². The number of carbonyl (C=O) groups is 1. The molecule has 0 amide bonds. The molecule has 0 aromatic heterocycles. The molecule has 1 atom stereocenters. The molecule has 0 aromatic carbocycles. The maximum Gasteiger partial charge on any atom is 0.332 e. The topological polar surface area (TPSA) is 29.5 Å². The van der Waals surface area contributed by atoms with Crippen molar-refractivity contribution in [3.05, 3.63) is 25.5 Å². The standard InChI is InChI=1S/C10H17NO2/c1-5-9(10(12)13-8-4)11(6-2)7-3/h5,8-9H,1,4,6-7H2,2-3H3. The van der Waals surface area contributed by atoms with Crippen LogP contribution in [0.2, 0.25) is 0 Å². The zero-order valence-corrected chi connectivity index (χ0v) is 8.32. The van der Waals surface area contributed by atoms with Gasteiger partial charge in [0.05, 0.1) is 6.26 Å². The monoisotopic (exact) mass is 183 g/mol. The lowest BCUT2D eigenvalue weighted by atomic mass is 10.2. The minimum absolute atomic E-state index is 0.325. The molecule has 0 aliphatic heterocycles. The summed E-state index contributed by atoms with van der Waals surface area (Å²) in [6.45, 7) is 12.5. The van der Waals surface area contributed by atoms with Gasteiger partial charge in [0, 0.05) is 0 Å². The summed E-state index contributed by atoms with van der Waals surface area (Å²) in [5, 5.41) is 0. The minimum atomic E-state index is -0.368. The van der Waals surface area contributed by atoms with Gasteiger partial charge in [-0.3, -0.25) is 4.90 Å². The molecule has 0 rings (SSSR count). The van der Waals surface area contributed by atoms with Crippen LogP contribution in [-0.2, 0) is 9.53 Å². The SMILES string of the molecule is C=COC(=O)C(C=C)N(CC)CC. The highest BCUT2D eigenvalue weighted by Crippen LogP contribution is 2.02. The fourth-order valence-electron chi connectivity index (χ4n) is 1.16. The third-order valence-electron chi connectivity index (χ3n) is 1.87. The van der Waals surface area contributed by atoms with Crippen LogP contribution in [0.15, 0.2) is 25.5 Å². The zero-order valence-electron chi connectivity index (χ0n) is 8.32. The van der Waals surface area contributed by atoms with Crippen molar-refractivity contribution >= 4 is 5.97 Å². The zero-order chi connectivity index (χ0) is 10.3. The fraction of sp³-hybridized carbons (Fsp3) is 0.500. The maximum absolute atomic E-state index is 11.3. The van der Waals surface area contributed by atoms with Gasteiger partial charge >= 0.3 is 5.97 Å². The van der Waals surface area contributed by atoms with Crippen LogP contribution < -0.4 is 0 Å². The van der Waals surface area contributed by atoms with E-state index in [1.807, 2.05) is 18.7 Å². The quantitative estimate of drug-likeness (QED) is 0.355. The first-order valence-corrected chi connectivity index (χ1v) is 4.39. The van der Waals surface area contributed by atoms with E-state index in [-0.39, 0.29) is 12.0 Å². The molecule has 0 aliphatic rings. The van der Waals surface area contributed by atoms with Gasteiger partial charge in [0.1, 0.15) is 6.04 Å². The van der Waals surface area contributed by atoms with E-state index in [1.54, 1.807) is 6.08 Å². The number of nitrogens with zero attached hydrogens (tertiary/aromatic N) is 1. The van der Waals surface area contributed by atoms with Gasteiger partial charge < -0.3 is 4.74 Å². The number of hydrogen-bond donors (Lipinski definition) is 0. The largest absolute Gasteiger partial charge is 0.434 e. The third-order valence-corrected chi connectivity index (χ3v) is 1.87. The van der Waals surface area contributed by atoms with Gasteiger partial charge in [-0.1, -0.05) is 26.5 Å². The average Bonchev–Trinajstić information content (AvgIpc) is 2.14. The van der Waals surface area contributed by atoms with Crippen molar-refractivity contribution in [1.29, 1.82) is 0 Å². The van der Waals surface area contributed by atoms with Crippen LogP contribution in [-0.4, -0.2) is 30.0 Å². The number of hydrogen-bond acceptors (Lipinski definition) is 3. The Kier molecular flexibility index (Phi) is 5.89. The summed E-state index contributed by atoms with van der Waals surface area (Å²) in [6.07, 6.45) is 2.72. The van der Waals surface area contributed by atoms with E-state index in [2.05, 4.69) is 13.2 Å². The van der Waals surface area contributed by atoms with Gasteiger partial charge in [-0.15, -0.1) is 6.58 Å². The number of rotatable bonds is 6. The summed E-state index contributed by atoms with van der Waals surface area (Å²) in [7, 11) is 0. The van der Waals surface area contributed by atoms with Gasteiger partial charge in [0.25, 0.3) is 0 Å². The van der Waals surface area contributed by atoms with E-state index in [4.69, 9.17) is 4.74 Å². The van der Waals surface area contributed by atoms with Crippen molar-refractivity contribution in [3.63, 3.8) is 0 Å². The van der Waals surface area contributed by atoms with Gasteiger partial charge in [0.15, 0.2) is 0 Å². The Hall–Kier alpha value is -1.09. The minimum Gasteiger partial charge on any atom is -0.434 e. The summed E-state index contributed by atoms with van der Waals surface area (Å²) >= 11 is 0. The Morgan fingerprint density at radius 1 is 1.46 bits per heavy atom. The maximum atomic E-state index is 11.3. The van der Waals surface area contributed by atoms with E-state index in [9.17, 15) is 4.79 Å². The smallest absolute Gasteiger partial charge is 0.332 e. The number of ether oxygens (including phenoxy) is 1. The molecule has 0 aliphatic carbocycles. The van der Waals surface area contributed by atoms with Crippen LogP contribution in [0.5, 0.6) is 0 Å². The first-order chi connectivity index (χ1) is 6.21. The Labute approximate surface area is 79.7 Å². The van der Waals surface area contributed by atoms with Crippen LogP contribution in [0.3, 0.4) is 0 Å². The lowest BCUT2D eigenvalue weighted by molar-refractivity contribution is -0.142. The van der Waals surface area contributed by atoms with E-state index in [0.29, 0.717) is 0 Å². The van der Waals surface area contributed by atoms with Crippen molar-refractivity contribution in [1.82, 2.24) is 4.90 Å². The molecule has 1 unspecified atom stereocenters. The second-order valence-electron chi connectivity index (χ2n) is 2.51. The second kappa shape index (κ2) is 6.43. The molecule has 0 fully saturated rings. The van der Waals surface area contributed by atoms with E-state index in [0.717, 1.165) is 19.4 Å². The van der Waals surface area contributed by atoms with Gasteiger partial charge in [0.2, 0.25) is 0 Å². The lowest BCUT2D eigenvalue weighted by Crippen LogP contribution is -2.39. The van der Waals surface area contributed by atoms with Crippen LogP contribution in [0, 0.1) is 0 Å². The van der Waals surface area contributed by atoms with Gasteiger partial charge in [-0.25, -0.2) is 4.79 Å². The van der Waals surface area contributed by atoms with E-state index >= 15 is 0 Å². The van der Waals surface area contributed by atoms with Crippen LogP contribution in [0.1, 0.15) is 13.8 Å². The lowest BCUT2D eigenvalue weighted by Gasteiger charge is -2.24. The van der Waals surface area contributed by atoms with E-state index in [1.165, 1.54) is 0 Å². The number of likely N-dealkylation sites (N-methyl/N-ethyl adjacent to an activating group) is 1. The molecule has 74 valence electrons. The normalized spacial score (nSPS) is 12.2. The van der Waals surface area contributed by atoms with Crippen molar-refractivity contribution in [2.24, 2.45) is 0 Å². The van der Waals surface area contributed by atoms with Crippen molar-refractivity contribution < 1.29 is 9.53 Å². The molecular formula is C10H17NO2. The van der Waals surface area contributed by atoms with Gasteiger partial charge in [-0.05, 0) is 13.1 Å². The number of esters is 1. The van der Waals surface area contributed by atoms with E-state index < -0.39 is 0 Å². The number of carbonyl (C=O) groups excluding carboxylic acids is 1. The molecule has 0 N–H and O–H groups in total. The highest BCUT2D eigenvalue weighted by Gasteiger charge is 2.20. The summed E-state index contributed by atoms with van der Waals surface area (Å²) < 4.78 is 4.69. The Morgan fingerprint density at radius 2 is 2.00 bits per heavy atom. The molecule has 0 radical (unpaired) electrons. The molecular weight excluding hydrogens is 166 g/mol.